The molecule has 1 aliphatic rings. The highest BCUT2D eigenvalue weighted by Crippen LogP contribution is 2.21. The Balaban J connectivity index is 1.26. The van der Waals surface area contributed by atoms with Crippen LogP contribution >= 0.6 is 0 Å². The van der Waals surface area contributed by atoms with E-state index < -0.39 is 0 Å². The molecule has 1 amide bonds. The van der Waals surface area contributed by atoms with Gasteiger partial charge >= 0.3 is 0 Å². The Bertz CT molecular complexity index is 932. The molecular formula is C24H26N3O2+. The van der Waals surface area contributed by atoms with Crippen molar-refractivity contribution in [3.05, 3.63) is 78.9 Å². The number of aromatic hydroxyl groups is 1. The number of phenols is 1. The summed E-state index contributed by atoms with van der Waals surface area (Å²) >= 11 is 0. The smallest absolute Gasteiger partial charge is 0.279 e. The minimum absolute atomic E-state index is 0.0468. The molecule has 0 spiro atoms. The van der Waals surface area contributed by atoms with E-state index in [9.17, 15) is 9.90 Å². The van der Waals surface area contributed by atoms with Gasteiger partial charge in [0, 0.05) is 11.4 Å². The van der Waals surface area contributed by atoms with Gasteiger partial charge in [-0.05, 0) is 47.5 Å². The van der Waals surface area contributed by atoms with Crippen molar-refractivity contribution < 1.29 is 14.8 Å². The SMILES string of the molecule is O=C(C[NH+]1CCN(c2ccc(O)cc2)CC1)Nc1ccc(-c2ccccc2)cc1. The molecule has 1 heterocycles. The number of nitrogens with one attached hydrogen (secondary N) is 2. The van der Waals surface area contributed by atoms with Crippen LogP contribution in [0.2, 0.25) is 0 Å². The number of hydrogen-bond acceptors (Lipinski definition) is 3. The van der Waals surface area contributed by atoms with E-state index in [2.05, 4.69) is 22.3 Å². The normalized spacial score (nSPS) is 14.6. The summed E-state index contributed by atoms with van der Waals surface area (Å²) in [5.41, 5.74) is 4.25. The molecule has 0 aromatic heterocycles. The first-order chi connectivity index (χ1) is 14.2. The van der Waals surface area contributed by atoms with E-state index in [4.69, 9.17) is 0 Å². The Kier molecular flexibility index (Phi) is 5.77. The summed E-state index contributed by atoms with van der Waals surface area (Å²) in [7, 11) is 0. The molecule has 3 aromatic carbocycles. The molecule has 0 unspecified atom stereocenters. The summed E-state index contributed by atoms with van der Waals surface area (Å²) in [5.74, 6) is 0.331. The summed E-state index contributed by atoms with van der Waals surface area (Å²) < 4.78 is 0. The van der Waals surface area contributed by atoms with Gasteiger partial charge in [0.2, 0.25) is 0 Å². The van der Waals surface area contributed by atoms with E-state index >= 15 is 0 Å². The van der Waals surface area contributed by atoms with Gasteiger partial charge in [-0.15, -0.1) is 0 Å². The molecule has 29 heavy (non-hydrogen) atoms. The van der Waals surface area contributed by atoms with E-state index in [0.29, 0.717) is 6.54 Å². The molecule has 1 aliphatic heterocycles. The number of phenolic OH excluding ortho intramolecular Hbond substituents is 1. The molecule has 0 aliphatic carbocycles. The molecule has 5 heteroatoms. The van der Waals surface area contributed by atoms with Crippen LogP contribution in [0.15, 0.2) is 78.9 Å². The van der Waals surface area contributed by atoms with Gasteiger partial charge in [-0.2, -0.15) is 0 Å². The summed E-state index contributed by atoms with van der Waals surface area (Å²) in [6, 6.07) is 25.5. The third-order valence-electron chi connectivity index (χ3n) is 5.37. The molecule has 0 radical (unpaired) electrons. The molecule has 3 aromatic rings. The molecule has 148 valence electrons. The fourth-order valence-corrected chi connectivity index (χ4v) is 3.73. The zero-order valence-electron chi connectivity index (χ0n) is 16.3. The Morgan fingerprint density at radius 1 is 0.862 bits per heavy atom. The van der Waals surface area contributed by atoms with Gasteiger partial charge in [-0.25, -0.2) is 0 Å². The second-order valence-corrected chi connectivity index (χ2v) is 7.42. The minimum atomic E-state index is 0.0468. The quantitative estimate of drug-likeness (QED) is 0.629. The lowest BCUT2D eigenvalue weighted by Crippen LogP contribution is -3.15. The predicted molar refractivity (Wildman–Crippen MR) is 116 cm³/mol. The fraction of sp³-hybridized carbons (Fsp3) is 0.208. The van der Waals surface area contributed by atoms with Gasteiger partial charge in [0.05, 0.1) is 26.2 Å². The van der Waals surface area contributed by atoms with Crippen LogP contribution in [0.5, 0.6) is 5.75 Å². The van der Waals surface area contributed by atoms with Crippen molar-refractivity contribution in [2.24, 2.45) is 0 Å². The Morgan fingerprint density at radius 2 is 1.48 bits per heavy atom. The van der Waals surface area contributed by atoms with Crippen LogP contribution in [0.1, 0.15) is 0 Å². The molecule has 1 fully saturated rings. The van der Waals surface area contributed by atoms with Crippen molar-refractivity contribution in [2.45, 2.75) is 0 Å². The summed E-state index contributed by atoms with van der Waals surface area (Å²) in [5, 5.41) is 12.4. The molecule has 0 atom stereocenters. The van der Waals surface area contributed by atoms with Gasteiger partial charge in [0.25, 0.3) is 5.91 Å². The predicted octanol–water partition coefficient (Wildman–Crippen LogP) is 2.40. The van der Waals surface area contributed by atoms with Gasteiger partial charge < -0.3 is 20.2 Å². The fourth-order valence-electron chi connectivity index (χ4n) is 3.73. The number of amides is 1. The molecule has 3 N–H and O–H groups in total. The van der Waals surface area contributed by atoms with E-state index in [1.165, 1.54) is 10.5 Å². The van der Waals surface area contributed by atoms with Crippen LogP contribution in [0.4, 0.5) is 11.4 Å². The van der Waals surface area contributed by atoms with E-state index in [1.807, 2.05) is 54.6 Å². The zero-order valence-corrected chi connectivity index (χ0v) is 16.3. The van der Waals surface area contributed by atoms with Crippen LogP contribution in [-0.4, -0.2) is 43.7 Å². The number of carbonyl (C=O) groups excluding carboxylic acids is 1. The van der Waals surface area contributed by atoms with Crippen molar-refractivity contribution in [1.29, 1.82) is 0 Å². The first kappa shape index (κ1) is 19.0. The van der Waals surface area contributed by atoms with Crippen LogP contribution in [0, 0.1) is 0 Å². The van der Waals surface area contributed by atoms with Crippen LogP contribution in [0.3, 0.4) is 0 Å². The molecule has 0 saturated carbocycles. The standard InChI is InChI=1S/C24H25N3O2/c28-23-12-10-22(11-13-23)27-16-14-26(15-17-27)18-24(29)25-21-8-6-20(7-9-21)19-4-2-1-3-5-19/h1-13,28H,14-18H2,(H,25,29)/p+1. The monoisotopic (exact) mass is 388 g/mol. The van der Waals surface area contributed by atoms with Gasteiger partial charge in [0.15, 0.2) is 6.54 Å². The minimum Gasteiger partial charge on any atom is -0.508 e. The maximum absolute atomic E-state index is 12.5. The van der Waals surface area contributed by atoms with Crippen LogP contribution in [0.25, 0.3) is 11.1 Å². The summed E-state index contributed by atoms with van der Waals surface area (Å²) in [6.45, 7) is 4.12. The second-order valence-electron chi connectivity index (χ2n) is 7.42. The maximum Gasteiger partial charge on any atom is 0.279 e. The topological polar surface area (TPSA) is 57.0 Å². The maximum atomic E-state index is 12.5. The zero-order chi connectivity index (χ0) is 20.1. The molecule has 0 bridgehead atoms. The van der Waals surface area contributed by atoms with Crippen molar-refractivity contribution >= 4 is 17.3 Å². The van der Waals surface area contributed by atoms with Gasteiger partial charge in [-0.3, -0.25) is 4.79 Å². The third kappa shape index (κ3) is 4.95. The average molecular weight is 388 g/mol. The van der Waals surface area contributed by atoms with E-state index in [-0.39, 0.29) is 11.7 Å². The largest absolute Gasteiger partial charge is 0.508 e. The van der Waals surface area contributed by atoms with Crippen LogP contribution < -0.4 is 15.1 Å². The third-order valence-corrected chi connectivity index (χ3v) is 5.37. The number of rotatable bonds is 5. The number of carbonyl (C=O) groups is 1. The first-order valence-corrected chi connectivity index (χ1v) is 10.0. The number of hydrogen-bond donors (Lipinski definition) is 3. The van der Waals surface area contributed by atoms with Crippen molar-refractivity contribution in [3.63, 3.8) is 0 Å². The van der Waals surface area contributed by atoms with E-state index in [0.717, 1.165) is 43.1 Å². The van der Waals surface area contributed by atoms with E-state index in [1.54, 1.807) is 12.1 Å². The highest BCUT2D eigenvalue weighted by atomic mass is 16.3. The Labute approximate surface area is 171 Å². The summed E-state index contributed by atoms with van der Waals surface area (Å²) in [4.78, 5) is 16.0. The van der Waals surface area contributed by atoms with Gasteiger partial charge in [0.1, 0.15) is 5.75 Å². The average Bonchev–Trinajstić information content (AvgIpc) is 2.76. The summed E-state index contributed by atoms with van der Waals surface area (Å²) in [6.07, 6.45) is 0. The van der Waals surface area contributed by atoms with Crippen molar-refractivity contribution in [1.82, 2.24) is 0 Å². The number of piperazine rings is 1. The molecule has 5 nitrogen and oxygen atoms in total. The molecule has 4 rings (SSSR count). The van der Waals surface area contributed by atoms with Crippen molar-refractivity contribution in [2.75, 3.05) is 42.9 Å². The highest BCUT2D eigenvalue weighted by Gasteiger charge is 2.22. The van der Waals surface area contributed by atoms with Crippen LogP contribution in [-0.2, 0) is 4.79 Å². The molecule has 1 saturated heterocycles. The molecular weight excluding hydrogens is 362 g/mol. The lowest BCUT2D eigenvalue weighted by atomic mass is 10.1. The number of anilines is 2. The number of nitrogens with zero attached hydrogens (tertiary/aromatic N) is 1. The lowest BCUT2D eigenvalue weighted by molar-refractivity contribution is -0.892. The van der Waals surface area contributed by atoms with Gasteiger partial charge in [-0.1, -0.05) is 42.5 Å². The number of benzene rings is 3. The lowest BCUT2D eigenvalue weighted by Gasteiger charge is -2.33. The number of quaternary nitrogens is 1. The first-order valence-electron chi connectivity index (χ1n) is 10.0. The second kappa shape index (κ2) is 8.80. The Morgan fingerprint density at radius 3 is 2.14 bits per heavy atom. The highest BCUT2D eigenvalue weighted by molar-refractivity contribution is 5.91. The van der Waals surface area contributed by atoms with Crippen molar-refractivity contribution in [3.8, 4) is 16.9 Å². The Hall–Kier alpha value is -3.31.